The van der Waals surface area contributed by atoms with Crippen LogP contribution in [0.15, 0.2) is 34.9 Å². The number of hydrogen-bond acceptors (Lipinski definition) is 7. The first kappa shape index (κ1) is 16.5. The Labute approximate surface area is 151 Å². The zero-order valence-corrected chi connectivity index (χ0v) is 14.0. The van der Waals surface area contributed by atoms with Gasteiger partial charge in [0.15, 0.2) is 11.5 Å². The summed E-state index contributed by atoms with van der Waals surface area (Å²) in [4.78, 5) is 35.8. The molecule has 3 N–H and O–H groups in total. The van der Waals surface area contributed by atoms with E-state index in [2.05, 4.69) is 20.3 Å². The number of hydrogen-bond donors (Lipinski definition) is 3. The van der Waals surface area contributed by atoms with Crippen LogP contribution in [0.3, 0.4) is 0 Å². The fourth-order valence-corrected chi connectivity index (χ4v) is 2.72. The maximum absolute atomic E-state index is 12.4. The van der Waals surface area contributed by atoms with Gasteiger partial charge in [0.25, 0.3) is 5.91 Å². The Morgan fingerprint density at radius 2 is 2.07 bits per heavy atom. The number of fused-ring (bicyclic) bond motifs is 2. The number of aromatic hydroxyl groups is 1. The highest BCUT2D eigenvalue weighted by Crippen LogP contribution is 2.18. The molecule has 27 heavy (non-hydrogen) atoms. The minimum Gasteiger partial charge on any atom is -0.493 e. The van der Waals surface area contributed by atoms with Gasteiger partial charge in [-0.2, -0.15) is 0 Å². The summed E-state index contributed by atoms with van der Waals surface area (Å²) < 4.78 is 6.35. The zero-order chi connectivity index (χ0) is 19.1. The van der Waals surface area contributed by atoms with Crippen LogP contribution >= 0.6 is 0 Å². The van der Waals surface area contributed by atoms with Crippen LogP contribution in [0.2, 0.25) is 0 Å². The number of oxazole rings is 1. The number of rotatable bonds is 4. The zero-order valence-electron chi connectivity index (χ0n) is 14.0. The second kappa shape index (κ2) is 6.09. The fraction of sp³-hybridized carbons (Fsp3) is 0.118. The van der Waals surface area contributed by atoms with Gasteiger partial charge in [0.2, 0.25) is 11.7 Å². The van der Waals surface area contributed by atoms with Gasteiger partial charge in [-0.1, -0.05) is 6.07 Å². The van der Waals surface area contributed by atoms with Crippen molar-refractivity contribution in [3.8, 4) is 5.88 Å². The third-order valence-corrected chi connectivity index (χ3v) is 3.92. The van der Waals surface area contributed by atoms with Crippen molar-refractivity contribution in [2.24, 2.45) is 0 Å². The summed E-state index contributed by atoms with van der Waals surface area (Å²) in [5, 5.41) is 21.7. The normalized spacial score (nSPS) is 11.1. The Bertz CT molecular complexity index is 1210. The lowest BCUT2D eigenvalue weighted by Gasteiger charge is -2.07. The third-order valence-electron chi connectivity index (χ3n) is 3.92. The minimum absolute atomic E-state index is 0.0861. The summed E-state index contributed by atoms with van der Waals surface area (Å²) in [5.41, 5.74) is 1.69. The monoisotopic (exact) mass is 367 g/mol. The van der Waals surface area contributed by atoms with Gasteiger partial charge in [0.1, 0.15) is 16.9 Å². The molecule has 0 radical (unpaired) electrons. The first-order chi connectivity index (χ1) is 12.9. The van der Waals surface area contributed by atoms with E-state index in [1.165, 1.54) is 0 Å². The summed E-state index contributed by atoms with van der Waals surface area (Å²) in [6.45, 7) is 1.94. The first-order valence-electron chi connectivity index (χ1n) is 7.87. The largest absolute Gasteiger partial charge is 0.493 e. The minimum atomic E-state index is -1.32. The number of nitrogens with one attached hydrogen (secondary N) is 1. The Morgan fingerprint density at radius 3 is 2.85 bits per heavy atom. The average Bonchev–Trinajstić information content (AvgIpc) is 3.20. The van der Waals surface area contributed by atoms with Gasteiger partial charge in [0.05, 0.1) is 6.20 Å². The molecule has 3 heterocycles. The number of carboxylic acid groups (broad SMARTS) is 1. The topological polar surface area (TPSA) is 143 Å². The number of amides is 1. The van der Waals surface area contributed by atoms with E-state index < -0.39 is 11.9 Å². The van der Waals surface area contributed by atoms with Crippen molar-refractivity contribution in [1.29, 1.82) is 0 Å². The molecule has 0 bridgehead atoms. The van der Waals surface area contributed by atoms with E-state index >= 15 is 0 Å². The molecule has 1 amide bonds. The van der Waals surface area contributed by atoms with E-state index in [9.17, 15) is 19.8 Å². The van der Waals surface area contributed by atoms with Crippen molar-refractivity contribution in [1.82, 2.24) is 24.7 Å². The smallest absolute Gasteiger partial charge is 0.353 e. The number of imidazole rings is 1. The second-order valence-corrected chi connectivity index (χ2v) is 5.80. The van der Waals surface area contributed by atoms with E-state index in [-0.39, 0.29) is 29.6 Å². The number of nitrogens with zero attached hydrogens (tertiary/aromatic N) is 4. The van der Waals surface area contributed by atoms with Gasteiger partial charge in [0, 0.05) is 19.5 Å². The van der Waals surface area contributed by atoms with Crippen molar-refractivity contribution >= 4 is 28.8 Å². The molecule has 0 saturated carbocycles. The van der Waals surface area contributed by atoms with Gasteiger partial charge < -0.3 is 19.9 Å². The maximum Gasteiger partial charge on any atom is 0.353 e. The van der Waals surface area contributed by atoms with Crippen molar-refractivity contribution in [3.63, 3.8) is 0 Å². The lowest BCUT2D eigenvalue weighted by Crippen LogP contribution is -2.25. The number of carboxylic acids is 1. The standard InChI is InChI=1S/C17H13N5O5/c1-8-20-10-4-9(2-3-13(10)27-8)6-18-15(24)11-5-12(16(25)26)22-14(23)7-19-17(22)21-11/h2-5,7,23H,6H2,1H3,(H,18,24)(H,25,26). The highest BCUT2D eigenvalue weighted by Gasteiger charge is 2.19. The summed E-state index contributed by atoms with van der Waals surface area (Å²) in [5.74, 6) is -1.81. The van der Waals surface area contributed by atoms with E-state index in [1.54, 1.807) is 25.1 Å². The predicted octanol–water partition coefficient (Wildman–Crippen LogP) is 1.51. The Morgan fingerprint density at radius 1 is 1.26 bits per heavy atom. The van der Waals surface area contributed by atoms with Crippen LogP contribution < -0.4 is 5.32 Å². The number of aryl methyl sites for hydroxylation is 1. The molecule has 0 fully saturated rings. The quantitative estimate of drug-likeness (QED) is 0.492. The third kappa shape index (κ3) is 2.92. The molecule has 0 spiro atoms. The highest BCUT2D eigenvalue weighted by atomic mass is 16.4. The molecule has 3 aromatic heterocycles. The number of carbonyl (C=O) groups is 2. The number of aromatic carboxylic acids is 1. The molecule has 0 aliphatic rings. The molecule has 10 nitrogen and oxygen atoms in total. The van der Waals surface area contributed by atoms with E-state index in [0.29, 0.717) is 17.0 Å². The van der Waals surface area contributed by atoms with Crippen molar-refractivity contribution < 1.29 is 24.2 Å². The van der Waals surface area contributed by atoms with Gasteiger partial charge in [-0.3, -0.25) is 4.79 Å². The summed E-state index contributed by atoms with van der Waals surface area (Å²) in [6.07, 6.45) is 1.06. The van der Waals surface area contributed by atoms with Crippen LogP contribution in [0.25, 0.3) is 16.9 Å². The Hall–Kier alpha value is -3.95. The lowest BCUT2D eigenvalue weighted by atomic mass is 10.2. The highest BCUT2D eigenvalue weighted by molar-refractivity contribution is 5.96. The lowest BCUT2D eigenvalue weighted by molar-refractivity contribution is 0.0687. The van der Waals surface area contributed by atoms with Crippen LogP contribution in [0, 0.1) is 6.92 Å². The van der Waals surface area contributed by atoms with E-state index in [4.69, 9.17) is 4.42 Å². The molecule has 0 unspecified atom stereocenters. The van der Waals surface area contributed by atoms with E-state index in [1.807, 2.05) is 0 Å². The Balaban J connectivity index is 1.59. The predicted molar refractivity (Wildman–Crippen MR) is 91.5 cm³/mol. The molecule has 0 saturated heterocycles. The van der Waals surface area contributed by atoms with Gasteiger partial charge >= 0.3 is 5.97 Å². The summed E-state index contributed by atoms with van der Waals surface area (Å²) >= 11 is 0. The Kier molecular flexibility index (Phi) is 3.73. The first-order valence-corrected chi connectivity index (χ1v) is 7.87. The van der Waals surface area contributed by atoms with Crippen LogP contribution in [0.4, 0.5) is 0 Å². The summed E-state index contributed by atoms with van der Waals surface area (Å²) in [7, 11) is 0. The molecule has 10 heteroatoms. The molecule has 0 aliphatic heterocycles. The van der Waals surface area contributed by atoms with E-state index in [0.717, 1.165) is 22.2 Å². The fourth-order valence-electron chi connectivity index (χ4n) is 2.72. The van der Waals surface area contributed by atoms with Crippen LogP contribution in [-0.2, 0) is 6.54 Å². The van der Waals surface area contributed by atoms with Gasteiger partial charge in [-0.25, -0.2) is 24.1 Å². The number of aromatic nitrogens is 4. The summed E-state index contributed by atoms with van der Waals surface area (Å²) in [6, 6.07) is 6.42. The number of carbonyl (C=O) groups excluding carboxylic acids is 1. The molecule has 4 rings (SSSR count). The molecule has 1 aromatic carbocycles. The van der Waals surface area contributed by atoms with Gasteiger partial charge in [-0.15, -0.1) is 0 Å². The number of benzene rings is 1. The van der Waals surface area contributed by atoms with Crippen LogP contribution in [0.5, 0.6) is 5.88 Å². The molecule has 0 aliphatic carbocycles. The van der Waals surface area contributed by atoms with Crippen molar-refractivity contribution in [3.05, 3.63) is 53.3 Å². The maximum atomic E-state index is 12.4. The molecule has 0 atom stereocenters. The van der Waals surface area contributed by atoms with Gasteiger partial charge in [-0.05, 0) is 17.7 Å². The molecular formula is C17H13N5O5. The molecule has 4 aromatic rings. The van der Waals surface area contributed by atoms with Crippen molar-refractivity contribution in [2.75, 3.05) is 0 Å². The second-order valence-electron chi connectivity index (χ2n) is 5.80. The average molecular weight is 367 g/mol. The van der Waals surface area contributed by atoms with Crippen molar-refractivity contribution in [2.45, 2.75) is 13.5 Å². The van der Waals surface area contributed by atoms with Crippen LogP contribution in [-0.4, -0.2) is 41.4 Å². The molecular weight excluding hydrogens is 354 g/mol. The molecule has 136 valence electrons. The SMILES string of the molecule is Cc1nc2cc(CNC(=O)c3cc(C(=O)O)n4c(O)cnc4n3)ccc2o1. The van der Waals surface area contributed by atoms with Crippen LogP contribution in [0.1, 0.15) is 32.4 Å².